The molecule has 0 fully saturated rings. The van der Waals surface area contributed by atoms with Crippen molar-refractivity contribution in [1.82, 2.24) is 0 Å². The van der Waals surface area contributed by atoms with Gasteiger partial charge in [0.2, 0.25) is 0 Å². The first-order chi connectivity index (χ1) is 9.25. The van der Waals surface area contributed by atoms with Gasteiger partial charge in [-0.05, 0) is 24.5 Å². The second-order valence-electron chi connectivity index (χ2n) is 5.08. The van der Waals surface area contributed by atoms with Gasteiger partial charge in [0.15, 0.2) is 11.5 Å². The number of hydrogen-bond donors (Lipinski definition) is 1. The van der Waals surface area contributed by atoms with E-state index < -0.39 is 0 Å². The predicted molar refractivity (Wildman–Crippen MR) is 76.2 cm³/mol. The summed E-state index contributed by atoms with van der Waals surface area (Å²) in [5, 5.41) is 3.32. The monoisotopic (exact) mass is 265 g/mol. The summed E-state index contributed by atoms with van der Waals surface area (Å²) in [6, 6.07) is 5.92. The van der Waals surface area contributed by atoms with E-state index in [4.69, 9.17) is 14.2 Å². The third-order valence-electron chi connectivity index (χ3n) is 2.96. The lowest BCUT2D eigenvalue weighted by atomic mass is 10.1. The van der Waals surface area contributed by atoms with E-state index in [1.807, 2.05) is 18.2 Å². The number of rotatable bonds is 7. The van der Waals surface area contributed by atoms with Gasteiger partial charge in [0.25, 0.3) is 0 Å². The summed E-state index contributed by atoms with van der Waals surface area (Å²) in [4.78, 5) is 0. The summed E-state index contributed by atoms with van der Waals surface area (Å²) in [5.74, 6) is 2.34. The molecule has 19 heavy (non-hydrogen) atoms. The third kappa shape index (κ3) is 4.63. The molecule has 2 rings (SSSR count). The number of anilines is 1. The SMILES string of the molecule is CC(C)CCOCCNc1ccc2c(c1)OCCO2. The first-order valence-electron chi connectivity index (χ1n) is 6.97. The van der Waals surface area contributed by atoms with Crippen LogP contribution in [0.1, 0.15) is 20.3 Å². The van der Waals surface area contributed by atoms with Gasteiger partial charge in [-0.1, -0.05) is 13.8 Å². The maximum atomic E-state index is 5.56. The Hall–Kier alpha value is -1.42. The van der Waals surface area contributed by atoms with Crippen molar-refractivity contribution in [2.45, 2.75) is 20.3 Å². The normalized spacial score (nSPS) is 13.6. The molecule has 1 aromatic carbocycles. The molecule has 0 aromatic heterocycles. The molecule has 0 amide bonds. The highest BCUT2D eigenvalue weighted by Gasteiger charge is 2.11. The van der Waals surface area contributed by atoms with Crippen molar-refractivity contribution in [3.8, 4) is 11.5 Å². The van der Waals surface area contributed by atoms with Crippen molar-refractivity contribution >= 4 is 5.69 Å². The van der Waals surface area contributed by atoms with Gasteiger partial charge in [0, 0.05) is 24.9 Å². The van der Waals surface area contributed by atoms with Crippen molar-refractivity contribution in [2.75, 3.05) is 38.3 Å². The molecule has 0 spiro atoms. The van der Waals surface area contributed by atoms with E-state index in [1.165, 1.54) is 0 Å². The Kier molecular flexibility index (Phi) is 5.33. The average molecular weight is 265 g/mol. The highest BCUT2D eigenvalue weighted by molar-refractivity contribution is 5.55. The van der Waals surface area contributed by atoms with Crippen molar-refractivity contribution in [1.29, 1.82) is 0 Å². The second-order valence-corrected chi connectivity index (χ2v) is 5.08. The minimum atomic E-state index is 0.620. The fourth-order valence-corrected chi connectivity index (χ4v) is 1.84. The van der Waals surface area contributed by atoms with Gasteiger partial charge in [-0.3, -0.25) is 0 Å². The van der Waals surface area contributed by atoms with Crippen LogP contribution >= 0.6 is 0 Å². The number of ether oxygens (including phenoxy) is 3. The minimum absolute atomic E-state index is 0.620. The van der Waals surface area contributed by atoms with E-state index in [0.717, 1.165) is 43.4 Å². The number of benzene rings is 1. The Balaban J connectivity index is 1.68. The zero-order valence-electron chi connectivity index (χ0n) is 11.8. The Morgan fingerprint density at radius 2 is 1.95 bits per heavy atom. The van der Waals surface area contributed by atoms with Gasteiger partial charge in [0.05, 0.1) is 6.61 Å². The van der Waals surface area contributed by atoms with Gasteiger partial charge in [0.1, 0.15) is 13.2 Å². The number of fused-ring (bicyclic) bond motifs is 1. The Bertz CT molecular complexity index is 393. The minimum Gasteiger partial charge on any atom is -0.486 e. The summed E-state index contributed by atoms with van der Waals surface area (Å²) in [7, 11) is 0. The van der Waals surface area contributed by atoms with E-state index in [1.54, 1.807) is 0 Å². The van der Waals surface area contributed by atoms with E-state index in [-0.39, 0.29) is 0 Å². The van der Waals surface area contributed by atoms with E-state index >= 15 is 0 Å². The standard InChI is InChI=1S/C15H23NO3/c1-12(2)5-7-17-8-6-16-13-3-4-14-15(11-13)19-10-9-18-14/h3-4,11-12,16H,5-10H2,1-2H3. The molecule has 0 atom stereocenters. The van der Waals surface area contributed by atoms with Crippen molar-refractivity contribution in [3.05, 3.63) is 18.2 Å². The number of hydrogen-bond acceptors (Lipinski definition) is 4. The van der Waals surface area contributed by atoms with Crippen LogP contribution < -0.4 is 14.8 Å². The summed E-state index contributed by atoms with van der Waals surface area (Å²) >= 11 is 0. The van der Waals surface area contributed by atoms with Gasteiger partial charge in [-0.2, -0.15) is 0 Å². The maximum Gasteiger partial charge on any atom is 0.163 e. The topological polar surface area (TPSA) is 39.7 Å². The summed E-state index contributed by atoms with van der Waals surface area (Å²) in [5.41, 5.74) is 1.04. The zero-order chi connectivity index (χ0) is 13.5. The van der Waals surface area contributed by atoms with Crippen LogP contribution in [0.4, 0.5) is 5.69 Å². The van der Waals surface area contributed by atoms with E-state index in [2.05, 4.69) is 19.2 Å². The molecule has 0 unspecified atom stereocenters. The van der Waals surface area contributed by atoms with Crippen molar-refractivity contribution in [3.63, 3.8) is 0 Å². The highest BCUT2D eigenvalue weighted by atomic mass is 16.6. The smallest absolute Gasteiger partial charge is 0.163 e. The predicted octanol–water partition coefficient (Wildman–Crippen LogP) is 2.93. The zero-order valence-corrected chi connectivity index (χ0v) is 11.8. The van der Waals surface area contributed by atoms with Crippen molar-refractivity contribution in [2.24, 2.45) is 5.92 Å². The molecule has 1 aromatic rings. The van der Waals surface area contributed by atoms with Crippen LogP contribution in [-0.4, -0.2) is 33.0 Å². The fraction of sp³-hybridized carbons (Fsp3) is 0.600. The number of nitrogens with one attached hydrogen (secondary N) is 1. The van der Waals surface area contributed by atoms with Crippen LogP contribution in [0.5, 0.6) is 11.5 Å². The molecule has 4 nitrogen and oxygen atoms in total. The average Bonchev–Trinajstić information content (AvgIpc) is 2.42. The Labute approximate surface area is 115 Å². The summed E-state index contributed by atoms with van der Waals surface area (Å²) in [6.45, 7) is 8.02. The van der Waals surface area contributed by atoms with Crippen LogP contribution in [0.15, 0.2) is 18.2 Å². The Morgan fingerprint density at radius 1 is 1.16 bits per heavy atom. The van der Waals surface area contributed by atoms with E-state index in [0.29, 0.717) is 19.1 Å². The molecule has 0 saturated carbocycles. The molecule has 106 valence electrons. The van der Waals surface area contributed by atoms with E-state index in [9.17, 15) is 0 Å². The van der Waals surface area contributed by atoms with Crippen LogP contribution in [0.25, 0.3) is 0 Å². The van der Waals surface area contributed by atoms with Gasteiger partial charge >= 0.3 is 0 Å². The first-order valence-corrected chi connectivity index (χ1v) is 6.97. The molecule has 1 heterocycles. The lowest BCUT2D eigenvalue weighted by molar-refractivity contribution is 0.132. The van der Waals surface area contributed by atoms with Crippen molar-refractivity contribution < 1.29 is 14.2 Å². The lowest BCUT2D eigenvalue weighted by Gasteiger charge is -2.19. The lowest BCUT2D eigenvalue weighted by Crippen LogP contribution is -2.16. The van der Waals surface area contributed by atoms with Crippen LogP contribution in [0, 0.1) is 5.92 Å². The molecule has 1 aliphatic rings. The van der Waals surface area contributed by atoms with Crippen LogP contribution in [-0.2, 0) is 4.74 Å². The highest BCUT2D eigenvalue weighted by Crippen LogP contribution is 2.32. The quantitative estimate of drug-likeness (QED) is 0.769. The second kappa shape index (κ2) is 7.24. The summed E-state index contributed by atoms with van der Waals surface area (Å²) < 4.78 is 16.6. The molecule has 1 aliphatic heterocycles. The first kappa shape index (κ1) is 14.0. The molecule has 4 heteroatoms. The van der Waals surface area contributed by atoms with Gasteiger partial charge < -0.3 is 19.5 Å². The fourth-order valence-electron chi connectivity index (χ4n) is 1.84. The molecule has 0 aliphatic carbocycles. The van der Waals surface area contributed by atoms with Crippen LogP contribution in [0.2, 0.25) is 0 Å². The third-order valence-corrected chi connectivity index (χ3v) is 2.96. The molecule has 0 bridgehead atoms. The Morgan fingerprint density at radius 3 is 2.74 bits per heavy atom. The van der Waals surface area contributed by atoms with Gasteiger partial charge in [-0.25, -0.2) is 0 Å². The molecular weight excluding hydrogens is 242 g/mol. The van der Waals surface area contributed by atoms with Gasteiger partial charge in [-0.15, -0.1) is 0 Å². The summed E-state index contributed by atoms with van der Waals surface area (Å²) in [6.07, 6.45) is 1.12. The largest absolute Gasteiger partial charge is 0.486 e. The molecule has 1 N–H and O–H groups in total. The molecule has 0 saturated heterocycles. The van der Waals surface area contributed by atoms with Crippen LogP contribution in [0.3, 0.4) is 0 Å². The maximum absolute atomic E-state index is 5.56. The molecule has 0 radical (unpaired) electrons. The molecular formula is C15H23NO3.